The number of hydrogen-bond acceptors (Lipinski definition) is 3. The second kappa shape index (κ2) is 7.33. The molecule has 178 valence electrons. The highest BCUT2D eigenvalue weighted by Gasteiger charge is 2.66. The fourth-order valence-corrected chi connectivity index (χ4v) is 10.7. The van der Waals surface area contributed by atoms with Crippen LogP contribution in [0, 0.1) is 46.3 Å². The number of rotatable bonds is 1. The van der Waals surface area contributed by atoms with Gasteiger partial charge >= 0.3 is 5.97 Å². The molecule has 0 spiro atoms. The maximum atomic E-state index is 11.5. The molecule has 0 radical (unpaired) electrons. The van der Waals surface area contributed by atoms with Crippen LogP contribution in [0.25, 0.3) is 0 Å². The van der Waals surface area contributed by atoms with Crippen LogP contribution in [0.5, 0.6) is 0 Å². The summed E-state index contributed by atoms with van der Waals surface area (Å²) in [6, 6.07) is 1.72. The molecule has 0 unspecified atom stereocenters. The van der Waals surface area contributed by atoms with Crippen LogP contribution in [0.2, 0.25) is 0 Å². The Hall–Kier alpha value is -0.830. The van der Waals surface area contributed by atoms with Crippen LogP contribution < -0.4 is 0 Å². The number of esters is 1. The standard InChI is InChI=1S/C29H45NO2/c1-17-6-9-25-18(2)27-26(30(25)16-17)15-24-22-8-7-20-14-21(32-19(3)31)10-12-28(20,4)23(22)11-13-29(24,27)5/h7,17-18,21-27H,6,8-16H2,1-5H3/t17-,18-,21-,22-,23+,24+,25-,26+,27+,28-,29-/m0/s1. The quantitative estimate of drug-likeness (QED) is 0.358. The molecule has 0 aromatic rings. The molecule has 3 saturated carbocycles. The van der Waals surface area contributed by atoms with Crippen LogP contribution in [-0.4, -0.2) is 35.6 Å². The third kappa shape index (κ3) is 2.91. The molecule has 0 N–H and O–H groups in total. The number of carbonyl (C=O) groups is 1. The van der Waals surface area contributed by atoms with Gasteiger partial charge in [0.1, 0.15) is 6.10 Å². The molecule has 6 rings (SSSR count). The summed E-state index contributed by atoms with van der Waals surface area (Å²) in [5, 5.41) is 0. The smallest absolute Gasteiger partial charge is 0.302 e. The molecule has 0 aromatic carbocycles. The Morgan fingerprint density at radius 2 is 1.88 bits per heavy atom. The molecule has 2 saturated heterocycles. The minimum atomic E-state index is -0.113. The predicted molar refractivity (Wildman–Crippen MR) is 128 cm³/mol. The maximum absolute atomic E-state index is 11.5. The number of carbonyl (C=O) groups excluding carboxylic acids is 1. The molecular formula is C29H45NO2. The molecule has 3 nitrogen and oxygen atoms in total. The van der Waals surface area contributed by atoms with Gasteiger partial charge in [0, 0.05) is 32.0 Å². The first-order chi connectivity index (χ1) is 15.2. The maximum Gasteiger partial charge on any atom is 0.302 e. The molecule has 5 fully saturated rings. The van der Waals surface area contributed by atoms with E-state index in [1.807, 2.05) is 0 Å². The van der Waals surface area contributed by atoms with Gasteiger partial charge in [-0.05, 0) is 97.7 Å². The zero-order valence-electron chi connectivity index (χ0n) is 21.1. The van der Waals surface area contributed by atoms with Crippen molar-refractivity contribution in [3.05, 3.63) is 11.6 Å². The molecule has 2 aliphatic heterocycles. The first-order valence-corrected chi connectivity index (χ1v) is 13.8. The topological polar surface area (TPSA) is 29.5 Å². The summed E-state index contributed by atoms with van der Waals surface area (Å²) in [5.74, 6) is 5.17. The Morgan fingerprint density at radius 1 is 1.06 bits per heavy atom. The van der Waals surface area contributed by atoms with E-state index in [4.69, 9.17) is 4.74 Å². The Kier molecular flexibility index (Phi) is 4.97. The fraction of sp³-hybridized carbons (Fsp3) is 0.897. The van der Waals surface area contributed by atoms with Crippen LogP contribution >= 0.6 is 0 Å². The molecule has 0 aromatic heterocycles. The number of fused-ring (bicyclic) bond motifs is 9. The van der Waals surface area contributed by atoms with Gasteiger partial charge in [-0.1, -0.05) is 39.3 Å². The van der Waals surface area contributed by atoms with Crippen molar-refractivity contribution in [3.63, 3.8) is 0 Å². The molecule has 0 bridgehead atoms. The number of ether oxygens (including phenoxy) is 1. The van der Waals surface area contributed by atoms with Crippen molar-refractivity contribution in [1.29, 1.82) is 0 Å². The first kappa shape index (κ1) is 21.7. The minimum Gasteiger partial charge on any atom is -0.462 e. The van der Waals surface area contributed by atoms with Gasteiger partial charge < -0.3 is 4.74 Å². The molecular weight excluding hydrogens is 394 g/mol. The van der Waals surface area contributed by atoms with Gasteiger partial charge in [-0.25, -0.2) is 0 Å². The number of allylic oxidation sites excluding steroid dienone is 1. The molecule has 6 aliphatic rings. The number of piperidine rings is 1. The molecule has 32 heavy (non-hydrogen) atoms. The van der Waals surface area contributed by atoms with E-state index < -0.39 is 0 Å². The van der Waals surface area contributed by atoms with Crippen molar-refractivity contribution in [3.8, 4) is 0 Å². The third-order valence-electron chi connectivity index (χ3n) is 12.0. The van der Waals surface area contributed by atoms with Gasteiger partial charge in [0.25, 0.3) is 0 Å². The lowest BCUT2D eigenvalue weighted by Gasteiger charge is -2.58. The SMILES string of the molecule is CC(=O)O[C@H]1CC[C@@]2(C)C(=CC[C@@H]3[C@H]4C[C@@H]5[C@@H]([C@@H](C)[C@@H]6CC[C@H](C)CN56)[C@@]4(C)CC[C@H]32)C1. The lowest BCUT2D eigenvalue weighted by Crippen LogP contribution is -2.51. The van der Waals surface area contributed by atoms with E-state index in [-0.39, 0.29) is 12.1 Å². The van der Waals surface area contributed by atoms with Gasteiger partial charge in [0.05, 0.1) is 0 Å². The third-order valence-corrected chi connectivity index (χ3v) is 12.0. The molecule has 4 aliphatic carbocycles. The average molecular weight is 440 g/mol. The van der Waals surface area contributed by atoms with Gasteiger partial charge in [-0.15, -0.1) is 0 Å². The van der Waals surface area contributed by atoms with Crippen molar-refractivity contribution in [2.24, 2.45) is 46.3 Å². The van der Waals surface area contributed by atoms with Crippen molar-refractivity contribution >= 4 is 5.97 Å². The summed E-state index contributed by atoms with van der Waals surface area (Å²) in [5.41, 5.74) is 2.51. The lowest BCUT2D eigenvalue weighted by atomic mass is 9.47. The average Bonchev–Trinajstić information content (AvgIpc) is 3.20. The fourth-order valence-electron chi connectivity index (χ4n) is 10.7. The van der Waals surface area contributed by atoms with Gasteiger partial charge in [-0.3, -0.25) is 9.69 Å². The van der Waals surface area contributed by atoms with Crippen molar-refractivity contribution in [2.75, 3.05) is 6.54 Å². The van der Waals surface area contributed by atoms with Crippen molar-refractivity contribution < 1.29 is 9.53 Å². The van der Waals surface area contributed by atoms with Gasteiger partial charge in [-0.2, -0.15) is 0 Å². The van der Waals surface area contributed by atoms with E-state index in [1.165, 1.54) is 51.5 Å². The van der Waals surface area contributed by atoms with Crippen LogP contribution in [0.4, 0.5) is 0 Å². The second-order valence-corrected chi connectivity index (χ2v) is 13.4. The van der Waals surface area contributed by atoms with E-state index in [0.29, 0.717) is 10.8 Å². The van der Waals surface area contributed by atoms with E-state index in [2.05, 4.69) is 38.7 Å². The van der Waals surface area contributed by atoms with Gasteiger partial charge in [0.2, 0.25) is 0 Å². The van der Waals surface area contributed by atoms with E-state index in [1.54, 1.807) is 12.5 Å². The molecule has 2 heterocycles. The highest BCUT2D eigenvalue weighted by atomic mass is 16.5. The van der Waals surface area contributed by atoms with Crippen molar-refractivity contribution in [1.82, 2.24) is 4.90 Å². The Labute approximate surface area is 195 Å². The Bertz CT molecular complexity index is 820. The molecule has 0 amide bonds. The van der Waals surface area contributed by atoms with Crippen LogP contribution in [0.15, 0.2) is 11.6 Å². The molecule has 11 atom stereocenters. The van der Waals surface area contributed by atoms with E-state index in [0.717, 1.165) is 60.4 Å². The van der Waals surface area contributed by atoms with Crippen LogP contribution in [0.1, 0.15) is 92.4 Å². The monoisotopic (exact) mass is 439 g/mol. The molecule has 3 heteroatoms. The number of nitrogens with zero attached hydrogens (tertiary/aromatic N) is 1. The summed E-state index contributed by atoms with van der Waals surface area (Å²) in [4.78, 5) is 14.5. The second-order valence-electron chi connectivity index (χ2n) is 13.4. The summed E-state index contributed by atoms with van der Waals surface area (Å²) in [6.45, 7) is 13.3. The zero-order valence-corrected chi connectivity index (χ0v) is 21.1. The van der Waals surface area contributed by atoms with Crippen LogP contribution in [0.3, 0.4) is 0 Å². The highest BCUT2D eigenvalue weighted by molar-refractivity contribution is 5.66. The normalized spacial score (nSPS) is 54.5. The Morgan fingerprint density at radius 3 is 2.66 bits per heavy atom. The first-order valence-electron chi connectivity index (χ1n) is 13.8. The number of hydrogen-bond donors (Lipinski definition) is 0. The summed E-state index contributed by atoms with van der Waals surface area (Å²) in [7, 11) is 0. The van der Waals surface area contributed by atoms with Crippen LogP contribution in [-0.2, 0) is 9.53 Å². The van der Waals surface area contributed by atoms with Gasteiger partial charge in [0.15, 0.2) is 0 Å². The summed E-state index contributed by atoms with van der Waals surface area (Å²) in [6.07, 6.45) is 14.4. The summed E-state index contributed by atoms with van der Waals surface area (Å²) < 4.78 is 5.64. The largest absolute Gasteiger partial charge is 0.462 e. The zero-order chi connectivity index (χ0) is 22.4. The van der Waals surface area contributed by atoms with E-state index in [9.17, 15) is 4.79 Å². The van der Waals surface area contributed by atoms with Crippen molar-refractivity contribution in [2.45, 2.75) is 111 Å². The highest BCUT2D eigenvalue weighted by Crippen LogP contribution is 2.69. The predicted octanol–water partition coefficient (Wildman–Crippen LogP) is 6.23. The minimum absolute atomic E-state index is 0.113. The van der Waals surface area contributed by atoms with E-state index >= 15 is 0 Å². The summed E-state index contributed by atoms with van der Waals surface area (Å²) >= 11 is 0. The Balaban J connectivity index is 1.27. The lowest BCUT2D eigenvalue weighted by molar-refractivity contribution is -0.148.